The fourth-order valence-electron chi connectivity index (χ4n) is 0.652. The molecule has 0 atom stereocenters. The summed E-state index contributed by atoms with van der Waals surface area (Å²) in [7, 11) is 0. The quantitative estimate of drug-likeness (QED) is 0.588. The van der Waals surface area contributed by atoms with E-state index in [-0.39, 0.29) is 0 Å². The summed E-state index contributed by atoms with van der Waals surface area (Å²) in [6.45, 7) is 0.432. The third kappa shape index (κ3) is 2.94. The van der Waals surface area contributed by atoms with Crippen LogP contribution in [0, 0.1) is 7.14 Å². The highest BCUT2D eigenvalue weighted by Crippen LogP contribution is 2.19. The Morgan fingerprint density at radius 3 is 2.18 bits per heavy atom. The Morgan fingerprint density at radius 1 is 1.18 bits per heavy atom. The van der Waals surface area contributed by atoms with Gasteiger partial charge in [-0.1, -0.05) is 0 Å². The number of ether oxygens (including phenoxy) is 1. The maximum atomic E-state index is 9.97. The van der Waals surface area contributed by atoms with Crippen LogP contribution in [0.25, 0.3) is 0 Å². The van der Waals surface area contributed by atoms with Crippen molar-refractivity contribution in [3.8, 4) is 5.75 Å². The lowest BCUT2D eigenvalue weighted by molar-refractivity contribution is -0.120. The maximum absolute atomic E-state index is 9.97. The van der Waals surface area contributed by atoms with E-state index in [4.69, 9.17) is 0 Å². The van der Waals surface area contributed by atoms with Gasteiger partial charge in [-0.05, 0) is 63.4 Å². The average molecular weight is 374 g/mol. The molecule has 11 heavy (non-hydrogen) atoms. The number of halogens is 2. The Balaban J connectivity index is 2.98. The number of hydrogen-bond donors (Lipinski definition) is 0. The molecule has 0 aliphatic rings. The van der Waals surface area contributed by atoms with Crippen LogP contribution in [0.2, 0.25) is 0 Å². The van der Waals surface area contributed by atoms with E-state index in [1.165, 1.54) is 0 Å². The Bertz CT molecular complexity index is 253. The average Bonchev–Trinajstić information content (AvgIpc) is 1.85. The monoisotopic (exact) mass is 374 g/mol. The van der Waals surface area contributed by atoms with Crippen LogP contribution in [-0.2, 0) is 4.79 Å². The van der Waals surface area contributed by atoms with Gasteiger partial charge in [0.2, 0.25) is 0 Å². The third-order valence-electron chi connectivity index (χ3n) is 1.02. The number of benzene rings is 1. The normalized spacial score (nSPS) is 9.27. The molecular weight excluding hydrogens is 370 g/mol. The van der Waals surface area contributed by atoms with Crippen LogP contribution in [0.5, 0.6) is 5.75 Å². The Kier molecular flexibility index (Phi) is 3.57. The molecule has 0 aliphatic carbocycles. The summed E-state index contributed by atoms with van der Waals surface area (Å²) in [5, 5.41) is 0. The predicted molar refractivity (Wildman–Crippen MR) is 58.6 cm³/mol. The minimum absolute atomic E-state index is 0.432. The van der Waals surface area contributed by atoms with Gasteiger partial charge in [0.05, 0.1) is 0 Å². The van der Waals surface area contributed by atoms with Crippen LogP contribution < -0.4 is 4.74 Å². The fourth-order valence-corrected chi connectivity index (χ4v) is 2.53. The summed E-state index contributed by atoms with van der Waals surface area (Å²) in [5.74, 6) is 0.594. The highest BCUT2D eigenvalue weighted by Gasteiger charge is 1.96. The molecule has 4 heteroatoms. The largest absolute Gasteiger partial charge is 0.429 e. The van der Waals surface area contributed by atoms with Crippen molar-refractivity contribution in [3.63, 3.8) is 0 Å². The summed E-state index contributed by atoms with van der Waals surface area (Å²) in [6, 6.07) is 5.60. The molecule has 0 aromatic heterocycles. The molecule has 0 spiro atoms. The van der Waals surface area contributed by atoms with Crippen molar-refractivity contribution in [3.05, 3.63) is 25.3 Å². The summed E-state index contributed by atoms with van der Waals surface area (Å²) in [4.78, 5) is 9.97. The zero-order chi connectivity index (χ0) is 8.27. The topological polar surface area (TPSA) is 26.3 Å². The molecule has 0 saturated heterocycles. The molecule has 58 valence electrons. The summed E-state index contributed by atoms with van der Waals surface area (Å²) >= 11 is 4.34. The summed E-state index contributed by atoms with van der Waals surface area (Å²) in [5.41, 5.74) is 0. The number of carbonyl (C=O) groups is 1. The molecule has 0 saturated carbocycles. The third-order valence-corrected chi connectivity index (χ3v) is 2.27. The SMILES string of the molecule is O=COc1cc(I)cc(I)c1. The Morgan fingerprint density at radius 2 is 1.73 bits per heavy atom. The van der Waals surface area contributed by atoms with Gasteiger partial charge in [-0.3, -0.25) is 4.79 Å². The second kappa shape index (κ2) is 4.24. The van der Waals surface area contributed by atoms with Gasteiger partial charge in [0.1, 0.15) is 5.75 Å². The maximum Gasteiger partial charge on any atom is 0.298 e. The molecule has 1 aromatic carbocycles. The molecule has 1 rings (SSSR count). The molecule has 0 amide bonds. The van der Waals surface area contributed by atoms with Crippen molar-refractivity contribution in [2.45, 2.75) is 0 Å². The number of carbonyl (C=O) groups excluding carboxylic acids is 1. The molecule has 0 bridgehead atoms. The van der Waals surface area contributed by atoms with E-state index in [1.54, 1.807) is 12.1 Å². The first-order valence-corrected chi connectivity index (χ1v) is 4.94. The van der Waals surface area contributed by atoms with Crippen LogP contribution in [0.1, 0.15) is 0 Å². The van der Waals surface area contributed by atoms with Gasteiger partial charge in [0, 0.05) is 7.14 Å². The van der Waals surface area contributed by atoms with Crippen molar-refractivity contribution in [1.29, 1.82) is 0 Å². The van der Waals surface area contributed by atoms with Gasteiger partial charge in [0.25, 0.3) is 6.47 Å². The van der Waals surface area contributed by atoms with Crippen LogP contribution in [0.4, 0.5) is 0 Å². The molecular formula is C7H4I2O2. The molecule has 0 N–H and O–H groups in total. The molecule has 1 aromatic rings. The van der Waals surface area contributed by atoms with Gasteiger partial charge >= 0.3 is 0 Å². The van der Waals surface area contributed by atoms with Crippen LogP contribution in [-0.4, -0.2) is 6.47 Å². The number of rotatable bonds is 2. The minimum atomic E-state index is 0.432. The highest BCUT2D eigenvalue weighted by atomic mass is 127. The standard InChI is InChI=1S/C7H4I2O2/c8-5-1-6(9)3-7(2-5)11-4-10/h1-4H. The number of hydrogen-bond acceptors (Lipinski definition) is 2. The minimum Gasteiger partial charge on any atom is -0.429 e. The molecule has 0 fully saturated rings. The lowest BCUT2D eigenvalue weighted by Gasteiger charge is -1.98. The van der Waals surface area contributed by atoms with E-state index < -0.39 is 0 Å². The van der Waals surface area contributed by atoms with E-state index in [1.807, 2.05) is 6.07 Å². The van der Waals surface area contributed by atoms with E-state index in [2.05, 4.69) is 49.9 Å². The van der Waals surface area contributed by atoms with Gasteiger partial charge in [-0.25, -0.2) is 0 Å². The molecule has 0 aliphatic heterocycles. The Hall–Kier alpha value is 0.150. The second-order valence-electron chi connectivity index (χ2n) is 1.82. The van der Waals surface area contributed by atoms with Crippen molar-refractivity contribution in [2.24, 2.45) is 0 Å². The first kappa shape index (κ1) is 9.24. The lowest BCUT2D eigenvalue weighted by Crippen LogP contribution is -1.89. The highest BCUT2D eigenvalue weighted by molar-refractivity contribution is 14.1. The van der Waals surface area contributed by atoms with E-state index >= 15 is 0 Å². The predicted octanol–water partition coefficient (Wildman–Crippen LogP) is 2.43. The smallest absolute Gasteiger partial charge is 0.298 e. The van der Waals surface area contributed by atoms with Gasteiger partial charge in [-0.15, -0.1) is 0 Å². The van der Waals surface area contributed by atoms with E-state index in [0.717, 1.165) is 7.14 Å². The van der Waals surface area contributed by atoms with E-state index in [0.29, 0.717) is 12.2 Å². The van der Waals surface area contributed by atoms with Crippen molar-refractivity contribution in [2.75, 3.05) is 0 Å². The second-order valence-corrected chi connectivity index (χ2v) is 4.31. The van der Waals surface area contributed by atoms with Crippen LogP contribution >= 0.6 is 45.2 Å². The summed E-state index contributed by atoms with van der Waals surface area (Å²) < 4.78 is 6.80. The van der Waals surface area contributed by atoms with Gasteiger partial charge in [-0.2, -0.15) is 0 Å². The molecule has 0 radical (unpaired) electrons. The van der Waals surface area contributed by atoms with Crippen LogP contribution in [0.3, 0.4) is 0 Å². The van der Waals surface area contributed by atoms with Crippen molar-refractivity contribution >= 4 is 51.7 Å². The van der Waals surface area contributed by atoms with Gasteiger partial charge < -0.3 is 4.74 Å². The summed E-state index contributed by atoms with van der Waals surface area (Å²) in [6.07, 6.45) is 0. The lowest BCUT2D eigenvalue weighted by atomic mass is 10.3. The van der Waals surface area contributed by atoms with Gasteiger partial charge in [0.15, 0.2) is 0 Å². The Labute approximate surface area is 91.6 Å². The molecule has 0 heterocycles. The first-order chi connectivity index (χ1) is 5.22. The van der Waals surface area contributed by atoms with Crippen molar-refractivity contribution in [1.82, 2.24) is 0 Å². The molecule has 2 nitrogen and oxygen atoms in total. The zero-order valence-electron chi connectivity index (χ0n) is 5.38. The van der Waals surface area contributed by atoms with Crippen LogP contribution in [0.15, 0.2) is 18.2 Å². The van der Waals surface area contributed by atoms with Crippen molar-refractivity contribution < 1.29 is 9.53 Å². The zero-order valence-corrected chi connectivity index (χ0v) is 9.70. The van der Waals surface area contributed by atoms with E-state index in [9.17, 15) is 4.79 Å². The first-order valence-electron chi connectivity index (χ1n) is 2.79. The fraction of sp³-hybridized carbons (Fsp3) is 0. The molecule has 0 unspecified atom stereocenters.